The van der Waals surface area contributed by atoms with Crippen LogP contribution in [0.15, 0.2) is 0 Å². The van der Waals surface area contributed by atoms with E-state index in [9.17, 15) is 4.79 Å². The van der Waals surface area contributed by atoms with E-state index in [1.54, 1.807) is 0 Å². The summed E-state index contributed by atoms with van der Waals surface area (Å²) < 4.78 is 0. The van der Waals surface area contributed by atoms with Crippen LogP contribution in [-0.4, -0.2) is 30.0 Å². The Hall–Kier alpha value is -0.220. The molecule has 3 N–H and O–H groups in total. The van der Waals surface area contributed by atoms with Crippen LogP contribution >= 0.6 is 11.8 Å². The molecule has 2 fully saturated rings. The van der Waals surface area contributed by atoms with Gasteiger partial charge in [-0.2, -0.15) is 11.8 Å². The molecule has 0 saturated heterocycles. The van der Waals surface area contributed by atoms with Crippen molar-refractivity contribution in [1.29, 1.82) is 0 Å². The molecule has 0 spiro atoms. The third kappa shape index (κ3) is 3.46. The molecule has 0 heterocycles. The van der Waals surface area contributed by atoms with Crippen LogP contribution < -0.4 is 11.1 Å². The van der Waals surface area contributed by atoms with E-state index in [-0.39, 0.29) is 11.3 Å². The average Bonchev–Trinajstić information content (AvgIpc) is 2.87. The van der Waals surface area contributed by atoms with Crippen molar-refractivity contribution in [2.45, 2.75) is 63.2 Å². The first-order valence-corrected chi connectivity index (χ1v) is 8.92. The summed E-state index contributed by atoms with van der Waals surface area (Å²) in [6, 6.07) is 0.382. The summed E-state index contributed by atoms with van der Waals surface area (Å²) in [6.45, 7) is 2.78. The number of rotatable bonds is 4. The van der Waals surface area contributed by atoms with E-state index in [0.29, 0.717) is 12.6 Å². The Labute approximate surface area is 121 Å². The van der Waals surface area contributed by atoms with Crippen molar-refractivity contribution in [3.8, 4) is 0 Å². The van der Waals surface area contributed by atoms with E-state index in [2.05, 4.69) is 18.5 Å². The van der Waals surface area contributed by atoms with E-state index in [1.807, 2.05) is 11.8 Å². The third-order valence-corrected chi connectivity index (χ3v) is 6.25. The van der Waals surface area contributed by atoms with Crippen molar-refractivity contribution in [1.82, 2.24) is 5.32 Å². The minimum absolute atomic E-state index is 0.230. The lowest BCUT2D eigenvalue weighted by Gasteiger charge is -2.37. The Morgan fingerprint density at radius 2 is 2.00 bits per heavy atom. The normalized spacial score (nSPS) is 39.2. The Kier molecular flexibility index (Phi) is 5.18. The van der Waals surface area contributed by atoms with Crippen LogP contribution in [0.2, 0.25) is 0 Å². The van der Waals surface area contributed by atoms with Crippen molar-refractivity contribution >= 4 is 17.7 Å². The molecule has 2 atom stereocenters. The summed E-state index contributed by atoms with van der Waals surface area (Å²) in [6.07, 6.45) is 9.88. The second-order valence-electron chi connectivity index (χ2n) is 6.51. The Balaban J connectivity index is 1.90. The van der Waals surface area contributed by atoms with Crippen LogP contribution in [0.3, 0.4) is 0 Å². The van der Waals surface area contributed by atoms with Gasteiger partial charge in [0.1, 0.15) is 0 Å². The second-order valence-corrected chi connectivity index (χ2v) is 7.65. The summed E-state index contributed by atoms with van der Waals surface area (Å²) in [5, 5.41) is 4.01. The molecule has 0 aliphatic heterocycles. The molecule has 2 rings (SSSR count). The molecule has 3 nitrogen and oxygen atoms in total. The summed E-state index contributed by atoms with van der Waals surface area (Å²) >= 11 is 1.93. The number of carbonyl (C=O) groups is 1. The lowest BCUT2D eigenvalue weighted by atomic mass is 9.70. The standard InChI is InChI=1S/C15H28N2OS/c1-11-5-7-15(10-16,8-6-11)14(18)17-12-3-4-13(9-12)19-2/h11-13H,3-10,16H2,1-2H3,(H,17,18). The molecule has 0 aromatic rings. The largest absolute Gasteiger partial charge is 0.353 e. The SMILES string of the molecule is CSC1CCC(NC(=O)C2(CN)CCC(C)CC2)C1. The van der Waals surface area contributed by atoms with Gasteiger partial charge in [0.05, 0.1) is 5.41 Å². The Morgan fingerprint density at radius 1 is 1.32 bits per heavy atom. The van der Waals surface area contributed by atoms with Gasteiger partial charge < -0.3 is 11.1 Å². The average molecular weight is 284 g/mol. The van der Waals surface area contributed by atoms with Crippen molar-refractivity contribution in [2.24, 2.45) is 17.1 Å². The van der Waals surface area contributed by atoms with Crippen molar-refractivity contribution in [2.75, 3.05) is 12.8 Å². The molecule has 19 heavy (non-hydrogen) atoms. The van der Waals surface area contributed by atoms with Crippen molar-refractivity contribution < 1.29 is 4.79 Å². The van der Waals surface area contributed by atoms with Gasteiger partial charge in [0.15, 0.2) is 0 Å². The van der Waals surface area contributed by atoms with E-state index < -0.39 is 0 Å². The molecule has 2 aliphatic carbocycles. The lowest BCUT2D eigenvalue weighted by Crippen LogP contribution is -2.50. The fourth-order valence-corrected chi connectivity index (χ4v) is 4.26. The molecular weight excluding hydrogens is 256 g/mol. The number of hydrogen-bond acceptors (Lipinski definition) is 3. The highest BCUT2D eigenvalue weighted by atomic mass is 32.2. The van der Waals surface area contributed by atoms with Gasteiger partial charge in [-0.3, -0.25) is 4.79 Å². The summed E-state index contributed by atoms with van der Waals surface area (Å²) in [5.41, 5.74) is 5.67. The van der Waals surface area contributed by atoms with Crippen LogP contribution in [0.5, 0.6) is 0 Å². The van der Waals surface area contributed by atoms with E-state index >= 15 is 0 Å². The van der Waals surface area contributed by atoms with Crippen LogP contribution in [-0.2, 0) is 4.79 Å². The minimum Gasteiger partial charge on any atom is -0.353 e. The molecule has 0 bridgehead atoms. The van der Waals surface area contributed by atoms with Crippen molar-refractivity contribution in [3.63, 3.8) is 0 Å². The zero-order valence-electron chi connectivity index (χ0n) is 12.3. The van der Waals surface area contributed by atoms with Gasteiger partial charge in [0, 0.05) is 17.8 Å². The monoisotopic (exact) mass is 284 g/mol. The zero-order chi connectivity index (χ0) is 13.9. The molecule has 4 heteroatoms. The molecule has 0 aromatic heterocycles. The maximum Gasteiger partial charge on any atom is 0.227 e. The van der Waals surface area contributed by atoms with Gasteiger partial charge in [0.2, 0.25) is 5.91 Å². The highest BCUT2D eigenvalue weighted by Crippen LogP contribution is 2.39. The Morgan fingerprint density at radius 3 is 2.53 bits per heavy atom. The van der Waals surface area contributed by atoms with E-state index in [4.69, 9.17) is 5.73 Å². The van der Waals surface area contributed by atoms with Crippen LogP contribution in [0.4, 0.5) is 0 Å². The second kappa shape index (κ2) is 6.49. The van der Waals surface area contributed by atoms with Gasteiger partial charge in [0.25, 0.3) is 0 Å². The first-order chi connectivity index (χ1) is 9.09. The van der Waals surface area contributed by atoms with Crippen LogP contribution in [0.1, 0.15) is 51.9 Å². The minimum atomic E-state index is -0.274. The van der Waals surface area contributed by atoms with Gasteiger partial charge in [-0.25, -0.2) is 0 Å². The van der Waals surface area contributed by atoms with Crippen LogP contribution in [0, 0.1) is 11.3 Å². The number of carbonyl (C=O) groups excluding carboxylic acids is 1. The maximum absolute atomic E-state index is 12.6. The number of thioether (sulfide) groups is 1. The smallest absolute Gasteiger partial charge is 0.227 e. The van der Waals surface area contributed by atoms with E-state index in [0.717, 1.165) is 49.7 Å². The number of amides is 1. The molecule has 1 amide bonds. The fraction of sp³-hybridized carbons (Fsp3) is 0.933. The number of hydrogen-bond donors (Lipinski definition) is 2. The molecular formula is C15H28N2OS. The van der Waals surface area contributed by atoms with Gasteiger partial charge in [-0.05, 0) is 57.1 Å². The highest BCUT2D eigenvalue weighted by Gasteiger charge is 2.41. The van der Waals surface area contributed by atoms with Crippen LogP contribution in [0.25, 0.3) is 0 Å². The third-order valence-electron chi connectivity index (χ3n) is 5.16. The van der Waals surface area contributed by atoms with Gasteiger partial charge in [-0.15, -0.1) is 0 Å². The van der Waals surface area contributed by atoms with E-state index in [1.165, 1.54) is 6.42 Å². The predicted molar refractivity (Wildman–Crippen MR) is 82.2 cm³/mol. The van der Waals surface area contributed by atoms with Crippen molar-refractivity contribution in [3.05, 3.63) is 0 Å². The predicted octanol–water partition coefficient (Wildman–Crippen LogP) is 2.54. The highest BCUT2D eigenvalue weighted by molar-refractivity contribution is 7.99. The molecule has 2 aliphatic rings. The first-order valence-electron chi connectivity index (χ1n) is 7.63. The molecule has 2 unspecified atom stereocenters. The van der Waals surface area contributed by atoms with Gasteiger partial charge >= 0.3 is 0 Å². The molecule has 0 radical (unpaired) electrons. The number of nitrogens with one attached hydrogen (secondary N) is 1. The molecule has 0 aromatic carbocycles. The summed E-state index contributed by atoms with van der Waals surface area (Å²) in [5.74, 6) is 0.980. The Bertz CT molecular complexity index is 313. The lowest BCUT2D eigenvalue weighted by molar-refractivity contribution is -0.133. The summed E-state index contributed by atoms with van der Waals surface area (Å²) in [7, 11) is 0. The zero-order valence-corrected chi connectivity index (χ0v) is 13.1. The first kappa shape index (κ1) is 15.2. The van der Waals surface area contributed by atoms with Gasteiger partial charge in [-0.1, -0.05) is 6.92 Å². The molecule has 2 saturated carbocycles. The summed E-state index contributed by atoms with van der Waals surface area (Å²) in [4.78, 5) is 12.6. The topological polar surface area (TPSA) is 55.1 Å². The fourth-order valence-electron chi connectivity index (χ4n) is 3.46. The molecule has 110 valence electrons. The maximum atomic E-state index is 12.6. The number of nitrogens with two attached hydrogens (primary N) is 1. The quantitative estimate of drug-likeness (QED) is 0.834.